The molecule has 0 bridgehead atoms. The van der Waals surface area contributed by atoms with Gasteiger partial charge in [0.1, 0.15) is 5.75 Å². The van der Waals surface area contributed by atoms with Gasteiger partial charge in [-0.15, -0.1) is 0 Å². The fraction of sp³-hybridized carbons (Fsp3) is 0.167. The van der Waals surface area contributed by atoms with Crippen molar-refractivity contribution >= 4 is 33.0 Å². The average Bonchev–Trinajstić information content (AvgIpc) is 2.78. The predicted molar refractivity (Wildman–Crippen MR) is 72.3 cm³/mol. The normalized spacial score (nSPS) is 10.1. The van der Waals surface area contributed by atoms with Gasteiger partial charge < -0.3 is 10.1 Å². The zero-order valence-corrected chi connectivity index (χ0v) is 11.3. The Morgan fingerprint density at radius 1 is 1.38 bits per heavy atom. The highest BCUT2D eigenvalue weighted by Gasteiger charge is 1.99. The van der Waals surface area contributed by atoms with Crippen molar-refractivity contribution < 1.29 is 4.74 Å². The minimum absolute atomic E-state index is 0.836. The third-order valence-electron chi connectivity index (χ3n) is 2.18. The number of hydrogen-bond donors (Lipinski definition) is 1. The molecule has 0 unspecified atom stereocenters. The topological polar surface area (TPSA) is 21.3 Å². The van der Waals surface area contributed by atoms with Crippen LogP contribution in [0.4, 0.5) is 5.69 Å². The SMILES string of the molecule is COc1cc(Br)cc(NCc2ccsc2)c1. The Balaban J connectivity index is 2.06. The molecule has 0 amide bonds. The largest absolute Gasteiger partial charge is 0.497 e. The second-order valence-corrected chi connectivity index (χ2v) is 5.06. The van der Waals surface area contributed by atoms with Crippen LogP contribution in [0.15, 0.2) is 39.5 Å². The molecule has 0 atom stereocenters. The molecule has 1 heterocycles. The molecule has 4 heteroatoms. The Kier molecular flexibility index (Phi) is 3.85. The van der Waals surface area contributed by atoms with Crippen molar-refractivity contribution in [1.82, 2.24) is 0 Å². The Labute approximate surface area is 107 Å². The lowest BCUT2D eigenvalue weighted by Gasteiger charge is -2.08. The molecule has 0 saturated heterocycles. The van der Waals surface area contributed by atoms with Gasteiger partial charge in [-0.2, -0.15) is 11.3 Å². The summed E-state index contributed by atoms with van der Waals surface area (Å²) < 4.78 is 6.22. The van der Waals surface area contributed by atoms with Crippen molar-refractivity contribution in [3.8, 4) is 5.75 Å². The van der Waals surface area contributed by atoms with E-state index in [-0.39, 0.29) is 0 Å². The number of hydrogen-bond acceptors (Lipinski definition) is 3. The predicted octanol–water partition coefficient (Wildman–Crippen LogP) is 4.13. The molecule has 0 aliphatic rings. The summed E-state index contributed by atoms with van der Waals surface area (Å²) >= 11 is 5.17. The second kappa shape index (κ2) is 5.37. The van der Waals surface area contributed by atoms with Gasteiger partial charge in [0, 0.05) is 22.8 Å². The molecular weight excluding hydrogens is 286 g/mol. The molecule has 2 nitrogen and oxygen atoms in total. The molecule has 1 aromatic heterocycles. The fourth-order valence-electron chi connectivity index (χ4n) is 1.38. The van der Waals surface area contributed by atoms with E-state index in [0.717, 1.165) is 22.5 Å². The van der Waals surface area contributed by atoms with E-state index in [4.69, 9.17) is 4.74 Å². The van der Waals surface area contributed by atoms with Gasteiger partial charge in [0.15, 0.2) is 0 Å². The van der Waals surface area contributed by atoms with Crippen LogP contribution in [-0.2, 0) is 6.54 Å². The maximum absolute atomic E-state index is 5.20. The maximum atomic E-state index is 5.20. The number of halogens is 1. The van der Waals surface area contributed by atoms with Crippen LogP contribution in [0.5, 0.6) is 5.75 Å². The van der Waals surface area contributed by atoms with Crippen molar-refractivity contribution in [3.05, 3.63) is 45.1 Å². The standard InChI is InChI=1S/C12H12BrNOS/c1-15-12-5-10(13)4-11(6-12)14-7-9-2-3-16-8-9/h2-6,8,14H,7H2,1H3. The lowest BCUT2D eigenvalue weighted by atomic mass is 10.3. The van der Waals surface area contributed by atoms with E-state index < -0.39 is 0 Å². The van der Waals surface area contributed by atoms with E-state index in [1.807, 2.05) is 18.2 Å². The van der Waals surface area contributed by atoms with Crippen LogP contribution in [0, 0.1) is 0 Å². The minimum atomic E-state index is 0.836. The molecule has 0 fully saturated rings. The molecule has 0 spiro atoms. The maximum Gasteiger partial charge on any atom is 0.122 e. The summed E-state index contributed by atoms with van der Waals surface area (Å²) in [6.07, 6.45) is 0. The molecule has 0 aliphatic heterocycles. The van der Waals surface area contributed by atoms with Crippen LogP contribution in [0.3, 0.4) is 0 Å². The third-order valence-corrected chi connectivity index (χ3v) is 3.37. The minimum Gasteiger partial charge on any atom is -0.497 e. The number of ether oxygens (including phenoxy) is 1. The highest BCUT2D eigenvalue weighted by molar-refractivity contribution is 9.10. The van der Waals surface area contributed by atoms with Gasteiger partial charge in [-0.3, -0.25) is 0 Å². The summed E-state index contributed by atoms with van der Waals surface area (Å²) in [4.78, 5) is 0. The molecule has 16 heavy (non-hydrogen) atoms. The first-order valence-corrected chi connectivity index (χ1v) is 6.61. The van der Waals surface area contributed by atoms with Crippen molar-refractivity contribution in [2.75, 3.05) is 12.4 Å². The molecule has 0 saturated carbocycles. The number of thiophene rings is 1. The fourth-order valence-corrected chi connectivity index (χ4v) is 2.52. The van der Waals surface area contributed by atoms with E-state index in [0.29, 0.717) is 0 Å². The van der Waals surface area contributed by atoms with Gasteiger partial charge in [-0.1, -0.05) is 15.9 Å². The van der Waals surface area contributed by atoms with Crippen molar-refractivity contribution in [2.24, 2.45) is 0 Å². The van der Waals surface area contributed by atoms with Crippen molar-refractivity contribution in [3.63, 3.8) is 0 Å². The molecule has 1 aromatic carbocycles. The van der Waals surface area contributed by atoms with E-state index in [1.54, 1.807) is 18.4 Å². The van der Waals surface area contributed by atoms with Crippen LogP contribution < -0.4 is 10.1 Å². The van der Waals surface area contributed by atoms with Crippen LogP contribution in [0.1, 0.15) is 5.56 Å². The number of anilines is 1. The molecule has 2 aromatic rings. The lowest BCUT2D eigenvalue weighted by Crippen LogP contribution is -1.98. The number of rotatable bonds is 4. The molecule has 2 rings (SSSR count). The van der Waals surface area contributed by atoms with E-state index in [1.165, 1.54) is 5.56 Å². The molecule has 0 radical (unpaired) electrons. The number of nitrogens with one attached hydrogen (secondary N) is 1. The summed E-state index contributed by atoms with van der Waals surface area (Å²) in [6, 6.07) is 8.08. The van der Waals surface area contributed by atoms with Gasteiger partial charge in [0.25, 0.3) is 0 Å². The molecule has 0 aliphatic carbocycles. The lowest BCUT2D eigenvalue weighted by molar-refractivity contribution is 0.414. The summed E-state index contributed by atoms with van der Waals surface area (Å²) in [6.45, 7) is 0.836. The van der Waals surface area contributed by atoms with Crippen molar-refractivity contribution in [1.29, 1.82) is 0 Å². The van der Waals surface area contributed by atoms with Crippen molar-refractivity contribution in [2.45, 2.75) is 6.54 Å². The zero-order chi connectivity index (χ0) is 11.4. The first kappa shape index (κ1) is 11.5. The number of methoxy groups -OCH3 is 1. The Morgan fingerprint density at radius 3 is 2.94 bits per heavy atom. The smallest absolute Gasteiger partial charge is 0.122 e. The van der Waals surface area contributed by atoms with Crippen LogP contribution in [0.2, 0.25) is 0 Å². The average molecular weight is 298 g/mol. The van der Waals surface area contributed by atoms with E-state index >= 15 is 0 Å². The highest BCUT2D eigenvalue weighted by Crippen LogP contribution is 2.24. The summed E-state index contributed by atoms with van der Waals surface area (Å²) in [5.74, 6) is 0.849. The third kappa shape index (κ3) is 3.00. The van der Waals surface area contributed by atoms with Crippen LogP contribution in [0.25, 0.3) is 0 Å². The van der Waals surface area contributed by atoms with Gasteiger partial charge in [0.05, 0.1) is 7.11 Å². The monoisotopic (exact) mass is 297 g/mol. The van der Waals surface area contributed by atoms with Crippen LogP contribution in [-0.4, -0.2) is 7.11 Å². The first-order chi connectivity index (χ1) is 7.78. The summed E-state index contributed by atoms with van der Waals surface area (Å²) in [5.41, 5.74) is 2.35. The second-order valence-electron chi connectivity index (χ2n) is 3.36. The first-order valence-electron chi connectivity index (χ1n) is 4.87. The number of benzene rings is 1. The Bertz CT molecular complexity index is 456. The van der Waals surface area contributed by atoms with Crippen LogP contribution >= 0.6 is 27.3 Å². The van der Waals surface area contributed by atoms with E-state index in [9.17, 15) is 0 Å². The Morgan fingerprint density at radius 2 is 2.25 bits per heavy atom. The van der Waals surface area contributed by atoms with Gasteiger partial charge >= 0.3 is 0 Å². The van der Waals surface area contributed by atoms with E-state index in [2.05, 4.69) is 38.1 Å². The summed E-state index contributed by atoms with van der Waals surface area (Å²) in [7, 11) is 1.67. The zero-order valence-electron chi connectivity index (χ0n) is 8.87. The van der Waals surface area contributed by atoms with Gasteiger partial charge in [-0.05, 0) is 34.5 Å². The molecule has 1 N–H and O–H groups in total. The van der Waals surface area contributed by atoms with Gasteiger partial charge in [0.2, 0.25) is 0 Å². The Hall–Kier alpha value is -1.00. The summed E-state index contributed by atoms with van der Waals surface area (Å²) in [5, 5.41) is 7.58. The molecule has 84 valence electrons. The quantitative estimate of drug-likeness (QED) is 0.916. The molecular formula is C12H12BrNOS. The highest BCUT2D eigenvalue weighted by atomic mass is 79.9. The van der Waals surface area contributed by atoms with Gasteiger partial charge in [-0.25, -0.2) is 0 Å².